The van der Waals surface area contributed by atoms with Crippen LogP contribution >= 0.6 is 0 Å². The maximum Gasteiger partial charge on any atom is 0.262 e. The van der Waals surface area contributed by atoms with E-state index in [0.29, 0.717) is 28.0 Å². The minimum Gasteiger partial charge on any atom is -0.476 e. The fourth-order valence-electron chi connectivity index (χ4n) is 3.84. The summed E-state index contributed by atoms with van der Waals surface area (Å²) in [5.41, 5.74) is 5.50. The Kier molecular flexibility index (Phi) is 6.41. The lowest BCUT2D eigenvalue weighted by Crippen LogP contribution is -2.22. The zero-order valence-electron chi connectivity index (χ0n) is 20.1. The molecule has 0 saturated heterocycles. The number of hydrogen-bond acceptors (Lipinski definition) is 5. The first-order valence-corrected chi connectivity index (χ1v) is 11.1. The third kappa shape index (κ3) is 4.81. The van der Waals surface area contributed by atoms with E-state index in [9.17, 15) is 9.59 Å². The predicted molar refractivity (Wildman–Crippen MR) is 137 cm³/mol. The summed E-state index contributed by atoms with van der Waals surface area (Å²) >= 11 is 0. The molecule has 0 aliphatic heterocycles. The molecule has 4 aromatic rings. The summed E-state index contributed by atoms with van der Waals surface area (Å²) < 4.78 is 12.0. The van der Waals surface area contributed by atoms with Gasteiger partial charge >= 0.3 is 0 Å². The molecule has 1 aromatic heterocycles. The average Bonchev–Trinajstić information content (AvgIpc) is 2.80. The van der Waals surface area contributed by atoms with E-state index in [0.717, 1.165) is 22.4 Å². The standard InChI is InChI=1S/C28H28N2O4/c1-17-6-8-20(9-7-17)27-28(25(32)23-15-18(2)14-19(3)26(23)34-27)33-16-24(31)29-21-10-12-22(13-11-21)30(4)5/h6-15H,16H2,1-5H3,(H,29,31). The van der Waals surface area contributed by atoms with E-state index in [-0.39, 0.29) is 23.7 Å². The van der Waals surface area contributed by atoms with Gasteiger partial charge in [-0.1, -0.05) is 35.9 Å². The molecule has 6 nitrogen and oxygen atoms in total. The second-order valence-electron chi connectivity index (χ2n) is 8.69. The van der Waals surface area contributed by atoms with Crippen LogP contribution in [0.3, 0.4) is 0 Å². The van der Waals surface area contributed by atoms with Crippen LogP contribution in [0.1, 0.15) is 16.7 Å². The third-order valence-corrected chi connectivity index (χ3v) is 5.61. The fraction of sp³-hybridized carbons (Fsp3) is 0.214. The quantitative estimate of drug-likeness (QED) is 0.417. The summed E-state index contributed by atoms with van der Waals surface area (Å²) in [4.78, 5) is 28.0. The van der Waals surface area contributed by atoms with E-state index in [4.69, 9.17) is 9.15 Å². The number of ether oxygens (including phenoxy) is 1. The van der Waals surface area contributed by atoms with E-state index < -0.39 is 0 Å². The van der Waals surface area contributed by atoms with Gasteiger partial charge in [0.05, 0.1) is 5.39 Å². The summed E-state index contributed by atoms with van der Waals surface area (Å²) in [6.45, 7) is 5.50. The number of amides is 1. The Morgan fingerprint density at radius 1 is 0.941 bits per heavy atom. The summed E-state index contributed by atoms with van der Waals surface area (Å²) in [6, 6.07) is 18.9. The van der Waals surface area contributed by atoms with Gasteiger partial charge in [-0.05, 0) is 62.2 Å². The molecule has 0 bridgehead atoms. The maximum atomic E-state index is 13.4. The van der Waals surface area contributed by atoms with Gasteiger partial charge in [0.25, 0.3) is 5.91 Å². The van der Waals surface area contributed by atoms with Crippen molar-refractivity contribution in [3.63, 3.8) is 0 Å². The van der Waals surface area contributed by atoms with Crippen LogP contribution < -0.4 is 20.4 Å². The van der Waals surface area contributed by atoms with Gasteiger partial charge < -0.3 is 19.4 Å². The number of aryl methyl sites for hydroxylation is 3. The lowest BCUT2D eigenvalue weighted by atomic mass is 10.0. The van der Waals surface area contributed by atoms with Crippen LogP contribution in [0, 0.1) is 20.8 Å². The molecular weight excluding hydrogens is 428 g/mol. The van der Waals surface area contributed by atoms with Crippen molar-refractivity contribution in [2.24, 2.45) is 0 Å². The molecule has 1 N–H and O–H groups in total. The summed E-state index contributed by atoms with van der Waals surface area (Å²) in [6.07, 6.45) is 0. The summed E-state index contributed by atoms with van der Waals surface area (Å²) in [5, 5.41) is 3.24. The predicted octanol–water partition coefficient (Wildman–Crippen LogP) is 5.47. The van der Waals surface area contributed by atoms with E-state index in [2.05, 4.69) is 5.32 Å². The zero-order chi connectivity index (χ0) is 24.4. The number of fused-ring (bicyclic) bond motifs is 1. The van der Waals surface area contributed by atoms with E-state index >= 15 is 0 Å². The number of hydrogen-bond donors (Lipinski definition) is 1. The van der Waals surface area contributed by atoms with Gasteiger partial charge in [-0.25, -0.2) is 0 Å². The van der Waals surface area contributed by atoms with Crippen LogP contribution in [-0.2, 0) is 4.79 Å². The molecule has 0 atom stereocenters. The van der Waals surface area contributed by atoms with Crippen LogP contribution in [0.25, 0.3) is 22.3 Å². The Morgan fingerprint density at radius 2 is 1.62 bits per heavy atom. The number of nitrogens with zero attached hydrogens (tertiary/aromatic N) is 1. The van der Waals surface area contributed by atoms with Crippen molar-refractivity contribution < 1.29 is 13.9 Å². The molecule has 6 heteroatoms. The first-order chi connectivity index (χ1) is 16.2. The number of carbonyl (C=O) groups is 1. The Morgan fingerprint density at radius 3 is 2.26 bits per heavy atom. The Balaban J connectivity index is 1.67. The minimum absolute atomic E-state index is 0.0273. The molecule has 0 radical (unpaired) electrons. The monoisotopic (exact) mass is 456 g/mol. The Labute approximate surface area is 198 Å². The molecular formula is C28H28N2O4. The largest absolute Gasteiger partial charge is 0.476 e. The highest BCUT2D eigenvalue weighted by Crippen LogP contribution is 2.32. The highest BCUT2D eigenvalue weighted by atomic mass is 16.5. The normalized spacial score (nSPS) is 10.9. The van der Waals surface area contributed by atoms with Crippen LogP contribution in [0.5, 0.6) is 5.75 Å². The molecule has 34 heavy (non-hydrogen) atoms. The van der Waals surface area contributed by atoms with Crippen molar-refractivity contribution in [1.82, 2.24) is 0 Å². The lowest BCUT2D eigenvalue weighted by Gasteiger charge is -2.14. The van der Waals surface area contributed by atoms with E-state index in [1.165, 1.54) is 0 Å². The van der Waals surface area contributed by atoms with Gasteiger partial charge in [0.2, 0.25) is 11.2 Å². The first-order valence-electron chi connectivity index (χ1n) is 11.1. The second kappa shape index (κ2) is 9.43. The zero-order valence-corrected chi connectivity index (χ0v) is 20.1. The molecule has 0 saturated carbocycles. The van der Waals surface area contributed by atoms with Gasteiger partial charge in [-0.3, -0.25) is 9.59 Å². The molecule has 1 heterocycles. The van der Waals surface area contributed by atoms with Crippen LogP contribution in [0.15, 0.2) is 69.9 Å². The molecule has 174 valence electrons. The first kappa shape index (κ1) is 23.1. The van der Waals surface area contributed by atoms with Crippen molar-refractivity contribution in [2.75, 3.05) is 30.9 Å². The fourth-order valence-corrected chi connectivity index (χ4v) is 3.84. The number of nitrogens with one attached hydrogen (secondary N) is 1. The molecule has 0 spiro atoms. The SMILES string of the molecule is Cc1ccc(-c2oc3c(C)cc(C)cc3c(=O)c2OCC(=O)Nc2ccc(N(C)C)cc2)cc1. The number of benzene rings is 3. The smallest absolute Gasteiger partial charge is 0.262 e. The van der Waals surface area contributed by atoms with Crippen molar-refractivity contribution in [3.05, 3.63) is 87.6 Å². The van der Waals surface area contributed by atoms with Crippen molar-refractivity contribution in [3.8, 4) is 17.1 Å². The van der Waals surface area contributed by atoms with Gasteiger partial charge in [0.15, 0.2) is 12.4 Å². The number of carbonyl (C=O) groups excluding carboxylic acids is 1. The molecule has 3 aromatic carbocycles. The molecule has 0 fully saturated rings. The second-order valence-corrected chi connectivity index (χ2v) is 8.69. The van der Waals surface area contributed by atoms with Gasteiger partial charge in [-0.15, -0.1) is 0 Å². The van der Waals surface area contributed by atoms with Gasteiger partial charge in [-0.2, -0.15) is 0 Å². The topological polar surface area (TPSA) is 71.8 Å². The van der Waals surface area contributed by atoms with Gasteiger partial charge in [0.1, 0.15) is 5.58 Å². The number of rotatable bonds is 6. The lowest BCUT2D eigenvalue weighted by molar-refractivity contribution is -0.118. The molecule has 4 rings (SSSR count). The summed E-state index contributed by atoms with van der Waals surface area (Å²) in [5.74, 6) is -0.0283. The van der Waals surface area contributed by atoms with E-state index in [1.54, 1.807) is 6.07 Å². The van der Waals surface area contributed by atoms with E-state index in [1.807, 2.05) is 94.4 Å². The minimum atomic E-state index is -0.368. The van der Waals surface area contributed by atoms with Crippen molar-refractivity contribution in [1.29, 1.82) is 0 Å². The average molecular weight is 457 g/mol. The summed E-state index contributed by atoms with van der Waals surface area (Å²) in [7, 11) is 3.90. The van der Waals surface area contributed by atoms with Crippen LogP contribution in [0.2, 0.25) is 0 Å². The molecule has 0 aliphatic rings. The van der Waals surface area contributed by atoms with Crippen LogP contribution in [-0.4, -0.2) is 26.6 Å². The molecule has 1 amide bonds. The highest BCUT2D eigenvalue weighted by Gasteiger charge is 2.20. The molecule has 0 aliphatic carbocycles. The highest BCUT2D eigenvalue weighted by molar-refractivity contribution is 5.92. The van der Waals surface area contributed by atoms with Crippen LogP contribution in [0.4, 0.5) is 11.4 Å². The Hall–Kier alpha value is -4.06. The molecule has 0 unspecified atom stereocenters. The third-order valence-electron chi connectivity index (χ3n) is 5.61. The van der Waals surface area contributed by atoms with Crippen molar-refractivity contribution >= 4 is 28.3 Å². The van der Waals surface area contributed by atoms with Gasteiger partial charge in [0, 0.05) is 31.0 Å². The maximum absolute atomic E-state index is 13.4. The van der Waals surface area contributed by atoms with Crippen molar-refractivity contribution in [2.45, 2.75) is 20.8 Å². The Bertz CT molecular complexity index is 1400. The number of anilines is 2.